The van der Waals surface area contributed by atoms with Gasteiger partial charge in [0.25, 0.3) is 0 Å². The molecule has 0 aromatic carbocycles. The second kappa shape index (κ2) is 22.4. The highest BCUT2D eigenvalue weighted by Crippen LogP contribution is 2.47. The molecule has 1 fully saturated rings. The highest BCUT2D eigenvalue weighted by molar-refractivity contribution is 7.47. The molecule has 1 aliphatic carbocycles. The molecule has 254 valence electrons. The van der Waals surface area contributed by atoms with Gasteiger partial charge in [0.2, 0.25) is 0 Å². The molecule has 13 nitrogen and oxygen atoms in total. The number of hydrogen-bond acceptors (Lipinski definition) is 12. The van der Waals surface area contributed by atoms with Crippen LogP contribution in [0.15, 0.2) is 0 Å². The normalized spacial score (nSPS) is 26.0. The number of aliphatic hydroxyl groups is 5. The number of aliphatic hydroxyl groups excluding tert-OH is 5. The van der Waals surface area contributed by atoms with E-state index in [-0.39, 0.29) is 6.42 Å². The van der Waals surface area contributed by atoms with E-state index in [4.69, 9.17) is 18.5 Å². The average molecular weight is 643 g/mol. The van der Waals surface area contributed by atoms with E-state index in [2.05, 4.69) is 6.92 Å². The zero-order valence-corrected chi connectivity index (χ0v) is 26.7. The summed E-state index contributed by atoms with van der Waals surface area (Å²) in [5.41, 5.74) is 0. The van der Waals surface area contributed by atoms with Crippen LogP contribution in [0.5, 0.6) is 0 Å². The van der Waals surface area contributed by atoms with Gasteiger partial charge in [-0.05, 0) is 6.42 Å². The third-order valence-electron chi connectivity index (χ3n) is 7.50. The van der Waals surface area contributed by atoms with Crippen LogP contribution in [0.1, 0.15) is 117 Å². The third-order valence-corrected chi connectivity index (χ3v) is 8.48. The van der Waals surface area contributed by atoms with Crippen molar-refractivity contribution in [1.29, 1.82) is 0 Å². The molecule has 0 radical (unpaired) electrons. The lowest BCUT2D eigenvalue weighted by Crippen LogP contribution is -2.64. The van der Waals surface area contributed by atoms with E-state index in [1.165, 1.54) is 70.6 Å². The number of hydrogen-bond donors (Lipinski definition) is 6. The molecule has 0 amide bonds. The van der Waals surface area contributed by atoms with Crippen molar-refractivity contribution >= 4 is 19.8 Å². The Morgan fingerprint density at radius 2 is 1.09 bits per heavy atom. The van der Waals surface area contributed by atoms with Gasteiger partial charge in [-0.15, -0.1) is 0 Å². The first kappa shape index (κ1) is 39.9. The summed E-state index contributed by atoms with van der Waals surface area (Å²) < 4.78 is 32.0. The number of unbranched alkanes of at least 4 members (excludes halogenated alkanes) is 14. The summed E-state index contributed by atoms with van der Waals surface area (Å²) in [6.07, 6.45) is 5.04. The van der Waals surface area contributed by atoms with Crippen molar-refractivity contribution in [3.8, 4) is 0 Å². The average Bonchev–Trinajstić information content (AvgIpc) is 2.96. The summed E-state index contributed by atoms with van der Waals surface area (Å²) >= 11 is 0. The van der Waals surface area contributed by atoms with Gasteiger partial charge in [-0.2, -0.15) is 0 Å². The molecule has 14 heteroatoms. The molecule has 1 saturated carbocycles. The van der Waals surface area contributed by atoms with Crippen LogP contribution in [0.25, 0.3) is 0 Å². The minimum atomic E-state index is -5.06. The second-order valence-corrected chi connectivity index (χ2v) is 12.8. The van der Waals surface area contributed by atoms with Crippen molar-refractivity contribution in [2.24, 2.45) is 0 Å². The lowest BCUT2D eigenvalue weighted by molar-refractivity contribution is -0.220. The summed E-state index contributed by atoms with van der Waals surface area (Å²) in [7, 11) is -5.06. The van der Waals surface area contributed by atoms with E-state index >= 15 is 0 Å². The first-order valence-electron chi connectivity index (χ1n) is 15.8. The fourth-order valence-corrected chi connectivity index (χ4v) is 5.91. The molecule has 0 saturated heterocycles. The largest absolute Gasteiger partial charge is 0.472 e. The van der Waals surface area contributed by atoms with E-state index in [1.807, 2.05) is 0 Å². The molecule has 8 atom stereocenters. The standard InChI is InChI=1S/C29H55O13P/c1-3-4-5-6-7-8-9-10-11-12-13-14-15-16-17-18-23(31)39-19-22(41-21(2)30)20-40-43(37,38)42-29-27(35)25(33)24(32)26(34)28(29)36/h22,24-29,32-36H,3-20H2,1-2H3,(H,37,38)/t22-,24?,25-,26+,27-,28-,29?/m1/s1. The molecule has 3 unspecified atom stereocenters. The van der Waals surface area contributed by atoms with Gasteiger partial charge in [-0.1, -0.05) is 96.8 Å². The Balaban J connectivity index is 2.24. The van der Waals surface area contributed by atoms with Gasteiger partial charge >= 0.3 is 19.8 Å². The van der Waals surface area contributed by atoms with Crippen LogP contribution < -0.4 is 0 Å². The lowest BCUT2D eigenvalue weighted by Gasteiger charge is -2.41. The number of ether oxygens (including phenoxy) is 2. The molecule has 0 spiro atoms. The van der Waals surface area contributed by atoms with Gasteiger partial charge < -0.3 is 39.9 Å². The molecule has 1 rings (SSSR count). The van der Waals surface area contributed by atoms with E-state index < -0.39 is 75.7 Å². The van der Waals surface area contributed by atoms with Gasteiger partial charge in [-0.3, -0.25) is 18.6 Å². The van der Waals surface area contributed by atoms with Gasteiger partial charge in [0.1, 0.15) is 43.2 Å². The summed E-state index contributed by atoms with van der Waals surface area (Å²) in [4.78, 5) is 33.6. The summed E-state index contributed by atoms with van der Waals surface area (Å²) in [5.74, 6) is -1.29. The fraction of sp³-hybridized carbons (Fsp3) is 0.931. The molecule has 0 heterocycles. The van der Waals surface area contributed by atoms with E-state index in [0.29, 0.717) is 6.42 Å². The number of rotatable bonds is 24. The summed E-state index contributed by atoms with van der Waals surface area (Å²) in [6, 6.07) is 0. The van der Waals surface area contributed by atoms with Crippen LogP contribution in [-0.2, 0) is 32.7 Å². The quantitative estimate of drug-likeness (QED) is 0.0509. The number of carbonyl (C=O) groups excluding carboxylic acids is 2. The maximum atomic E-state index is 12.4. The van der Waals surface area contributed by atoms with Gasteiger partial charge in [0.15, 0.2) is 6.10 Å². The molecule has 0 bridgehead atoms. The van der Waals surface area contributed by atoms with Gasteiger partial charge in [0, 0.05) is 13.3 Å². The van der Waals surface area contributed by atoms with Crippen LogP contribution in [0.3, 0.4) is 0 Å². The molecular weight excluding hydrogens is 587 g/mol. The summed E-state index contributed by atoms with van der Waals surface area (Å²) in [6.45, 7) is 2.13. The molecule has 0 aromatic heterocycles. The highest BCUT2D eigenvalue weighted by Gasteiger charge is 2.51. The van der Waals surface area contributed by atoms with Crippen LogP contribution in [0.4, 0.5) is 0 Å². The molecule has 6 N–H and O–H groups in total. The van der Waals surface area contributed by atoms with Crippen molar-refractivity contribution in [3.05, 3.63) is 0 Å². The van der Waals surface area contributed by atoms with Gasteiger partial charge in [0.05, 0.1) is 6.61 Å². The Kier molecular flexibility index (Phi) is 20.7. The predicted octanol–water partition coefficient (Wildman–Crippen LogP) is 3.04. The minimum Gasteiger partial charge on any atom is -0.462 e. The van der Waals surface area contributed by atoms with Crippen molar-refractivity contribution in [2.45, 2.75) is 159 Å². The Morgan fingerprint density at radius 3 is 1.53 bits per heavy atom. The molecular formula is C29H55O13P. The Bertz CT molecular complexity index is 797. The third kappa shape index (κ3) is 17.2. The lowest BCUT2D eigenvalue weighted by atomic mass is 9.85. The zero-order valence-electron chi connectivity index (χ0n) is 25.8. The van der Waals surface area contributed by atoms with E-state index in [9.17, 15) is 44.6 Å². The highest BCUT2D eigenvalue weighted by atomic mass is 31.2. The zero-order chi connectivity index (χ0) is 32.3. The fourth-order valence-electron chi connectivity index (χ4n) is 4.93. The van der Waals surface area contributed by atoms with Gasteiger partial charge in [-0.25, -0.2) is 4.57 Å². The second-order valence-electron chi connectivity index (χ2n) is 11.4. The molecule has 0 aliphatic heterocycles. The maximum absolute atomic E-state index is 12.4. The summed E-state index contributed by atoms with van der Waals surface area (Å²) in [5, 5.41) is 49.1. The maximum Gasteiger partial charge on any atom is 0.472 e. The molecule has 43 heavy (non-hydrogen) atoms. The first-order chi connectivity index (χ1) is 20.4. The monoisotopic (exact) mass is 642 g/mol. The number of esters is 2. The molecule has 0 aromatic rings. The van der Waals surface area contributed by atoms with Crippen LogP contribution >= 0.6 is 7.82 Å². The predicted molar refractivity (Wildman–Crippen MR) is 157 cm³/mol. The number of carbonyl (C=O) groups is 2. The topological polar surface area (TPSA) is 210 Å². The SMILES string of the molecule is CCCCCCCCCCCCCCCCCC(=O)OC[C@H](COP(=O)(O)OC1[C@H](O)[C@H](O)C(O)[C@H](O)[C@H]1O)OC(C)=O. The van der Waals surface area contributed by atoms with Crippen LogP contribution in [-0.4, -0.2) is 98.3 Å². The Morgan fingerprint density at radius 1 is 0.674 bits per heavy atom. The molecule has 1 aliphatic rings. The van der Waals surface area contributed by atoms with Crippen molar-refractivity contribution in [3.63, 3.8) is 0 Å². The number of phosphoric acid groups is 1. The van der Waals surface area contributed by atoms with Crippen molar-refractivity contribution in [1.82, 2.24) is 0 Å². The first-order valence-corrected chi connectivity index (χ1v) is 17.3. The van der Waals surface area contributed by atoms with Crippen molar-refractivity contribution in [2.75, 3.05) is 13.2 Å². The van der Waals surface area contributed by atoms with Crippen LogP contribution in [0, 0.1) is 0 Å². The van der Waals surface area contributed by atoms with E-state index in [0.717, 1.165) is 26.2 Å². The van der Waals surface area contributed by atoms with Crippen molar-refractivity contribution < 1.29 is 63.1 Å². The Labute approximate surface area is 255 Å². The van der Waals surface area contributed by atoms with Crippen LogP contribution in [0.2, 0.25) is 0 Å². The Hall–Kier alpha value is -1.15. The van der Waals surface area contributed by atoms with E-state index in [1.54, 1.807) is 0 Å². The number of phosphoric ester groups is 1. The smallest absolute Gasteiger partial charge is 0.462 e. The minimum absolute atomic E-state index is 0.168.